The van der Waals surface area contributed by atoms with Crippen LogP contribution in [0.25, 0.3) is 0 Å². The predicted molar refractivity (Wildman–Crippen MR) is 116 cm³/mol. The number of carbonyl (C=O) groups is 2. The molecule has 0 aliphatic carbocycles. The van der Waals surface area contributed by atoms with Crippen LogP contribution in [0.3, 0.4) is 0 Å². The van der Waals surface area contributed by atoms with Gasteiger partial charge in [-0.1, -0.05) is 30.7 Å². The second kappa shape index (κ2) is 9.09. The van der Waals surface area contributed by atoms with Crippen LogP contribution in [0.2, 0.25) is 0 Å². The van der Waals surface area contributed by atoms with Crippen molar-refractivity contribution in [1.29, 1.82) is 0 Å². The van der Waals surface area contributed by atoms with Crippen molar-refractivity contribution >= 4 is 23.2 Å². The molecule has 2 atom stereocenters. The molecule has 6 heteroatoms. The molecule has 29 heavy (non-hydrogen) atoms. The summed E-state index contributed by atoms with van der Waals surface area (Å²) in [4.78, 5) is 31.5. The van der Waals surface area contributed by atoms with E-state index in [2.05, 4.69) is 10.2 Å². The lowest BCUT2D eigenvalue weighted by Gasteiger charge is -2.39. The predicted octanol–water partition coefficient (Wildman–Crippen LogP) is 3.65. The Morgan fingerprint density at radius 3 is 2.69 bits per heavy atom. The Morgan fingerprint density at radius 1 is 1.14 bits per heavy atom. The van der Waals surface area contributed by atoms with Crippen molar-refractivity contribution in [2.45, 2.75) is 37.6 Å². The molecule has 1 aromatic carbocycles. The number of thiophene rings is 1. The molecule has 0 unspecified atom stereocenters. The fraction of sp³-hybridized carbons (Fsp3) is 0.478. The molecule has 0 spiro atoms. The highest BCUT2D eigenvalue weighted by Crippen LogP contribution is 2.43. The zero-order valence-corrected chi connectivity index (χ0v) is 17.8. The summed E-state index contributed by atoms with van der Waals surface area (Å²) in [5.41, 5.74) is 1.47. The van der Waals surface area contributed by atoms with Gasteiger partial charge in [0.15, 0.2) is 0 Å². The van der Waals surface area contributed by atoms with E-state index >= 15 is 0 Å². The Bertz CT molecular complexity index is 846. The molecule has 4 rings (SSSR count). The average molecular weight is 412 g/mol. The van der Waals surface area contributed by atoms with Crippen LogP contribution in [-0.2, 0) is 4.79 Å². The number of amides is 2. The Balaban J connectivity index is 1.49. The van der Waals surface area contributed by atoms with E-state index in [1.54, 1.807) is 23.3 Å². The standard InChI is InChI=1S/C23H29N3O2S/c1-25-21(19-11-7-16-29-19)20(17-9-3-4-10-18(17)23(25)28)22(27)24-12-8-15-26-13-5-2-6-14-26/h3-4,7,9-11,16,20-21H,2,5-6,8,12-15H2,1H3,(H,24,27)/t20-,21+/m0/s1. The van der Waals surface area contributed by atoms with E-state index < -0.39 is 0 Å². The molecular formula is C23H29N3O2S. The summed E-state index contributed by atoms with van der Waals surface area (Å²) in [7, 11) is 1.80. The number of likely N-dealkylation sites (N-methyl/N-ethyl adjacent to an activating group) is 1. The third-order valence-electron chi connectivity index (χ3n) is 6.10. The molecule has 5 nitrogen and oxygen atoms in total. The van der Waals surface area contributed by atoms with Gasteiger partial charge in [-0.25, -0.2) is 0 Å². The molecule has 1 aromatic heterocycles. The van der Waals surface area contributed by atoms with E-state index in [9.17, 15) is 9.59 Å². The minimum Gasteiger partial charge on any atom is -0.355 e. The molecule has 1 saturated heterocycles. The molecule has 2 amide bonds. The maximum absolute atomic E-state index is 13.3. The summed E-state index contributed by atoms with van der Waals surface area (Å²) in [6, 6.07) is 11.3. The van der Waals surface area contributed by atoms with Crippen LogP contribution >= 0.6 is 11.3 Å². The van der Waals surface area contributed by atoms with Crippen LogP contribution in [0.4, 0.5) is 0 Å². The van der Waals surface area contributed by atoms with Crippen molar-refractivity contribution in [3.8, 4) is 0 Å². The van der Waals surface area contributed by atoms with Crippen LogP contribution in [0.1, 0.15) is 58.4 Å². The third-order valence-corrected chi connectivity index (χ3v) is 7.04. The van der Waals surface area contributed by atoms with Crippen LogP contribution in [-0.4, -0.2) is 54.8 Å². The van der Waals surface area contributed by atoms with Gasteiger partial charge in [-0.2, -0.15) is 0 Å². The van der Waals surface area contributed by atoms with Gasteiger partial charge < -0.3 is 15.1 Å². The number of rotatable bonds is 6. The third kappa shape index (κ3) is 4.23. The Kier molecular flexibility index (Phi) is 6.31. The number of hydrogen-bond donors (Lipinski definition) is 1. The van der Waals surface area contributed by atoms with E-state index in [0.717, 1.165) is 23.4 Å². The number of carbonyl (C=O) groups excluding carboxylic acids is 2. The summed E-state index contributed by atoms with van der Waals surface area (Å²) >= 11 is 1.60. The first-order valence-corrected chi connectivity index (χ1v) is 11.4. The van der Waals surface area contributed by atoms with Crippen molar-refractivity contribution in [3.63, 3.8) is 0 Å². The lowest BCUT2D eigenvalue weighted by Crippen LogP contribution is -2.45. The number of piperidine rings is 1. The average Bonchev–Trinajstić information content (AvgIpc) is 3.28. The maximum atomic E-state index is 13.3. The molecule has 1 N–H and O–H groups in total. The minimum absolute atomic E-state index is 0.00819. The number of benzene rings is 1. The smallest absolute Gasteiger partial charge is 0.254 e. The second-order valence-electron chi connectivity index (χ2n) is 7.99. The van der Waals surface area contributed by atoms with Gasteiger partial charge in [0.2, 0.25) is 5.91 Å². The fourth-order valence-corrected chi connectivity index (χ4v) is 5.48. The van der Waals surface area contributed by atoms with Gasteiger partial charge in [0.25, 0.3) is 5.91 Å². The Labute approximate surface area is 176 Å². The van der Waals surface area contributed by atoms with E-state index in [1.807, 2.05) is 41.8 Å². The zero-order chi connectivity index (χ0) is 20.2. The lowest BCUT2D eigenvalue weighted by atomic mass is 9.81. The molecule has 2 aliphatic heterocycles. The van der Waals surface area contributed by atoms with Crippen molar-refractivity contribution in [2.24, 2.45) is 0 Å². The molecule has 2 aliphatic rings. The minimum atomic E-state index is -0.387. The largest absolute Gasteiger partial charge is 0.355 e. The molecule has 2 aromatic rings. The first-order valence-electron chi connectivity index (χ1n) is 10.6. The van der Waals surface area contributed by atoms with Crippen molar-refractivity contribution in [2.75, 3.05) is 33.2 Å². The Morgan fingerprint density at radius 2 is 1.93 bits per heavy atom. The highest BCUT2D eigenvalue weighted by atomic mass is 32.1. The maximum Gasteiger partial charge on any atom is 0.254 e. The fourth-order valence-electron chi connectivity index (χ4n) is 4.58. The van der Waals surface area contributed by atoms with E-state index in [0.29, 0.717) is 12.1 Å². The molecule has 0 saturated carbocycles. The van der Waals surface area contributed by atoms with Gasteiger partial charge in [0.1, 0.15) is 0 Å². The number of likely N-dealkylation sites (tertiary alicyclic amines) is 1. The molecule has 1 fully saturated rings. The van der Waals surface area contributed by atoms with Crippen LogP contribution in [0.5, 0.6) is 0 Å². The monoisotopic (exact) mass is 411 g/mol. The van der Waals surface area contributed by atoms with Crippen LogP contribution in [0.15, 0.2) is 41.8 Å². The lowest BCUT2D eigenvalue weighted by molar-refractivity contribution is -0.124. The molecule has 0 bridgehead atoms. The number of nitrogens with zero attached hydrogens (tertiary/aromatic N) is 2. The SMILES string of the molecule is CN1C(=O)c2ccccc2[C@H](C(=O)NCCCN2CCCCC2)[C@H]1c1cccs1. The second-order valence-corrected chi connectivity index (χ2v) is 8.97. The van der Waals surface area contributed by atoms with E-state index in [1.165, 1.54) is 32.4 Å². The summed E-state index contributed by atoms with van der Waals surface area (Å²) in [5, 5.41) is 5.16. The van der Waals surface area contributed by atoms with E-state index in [4.69, 9.17) is 0 Å². The summed E-state index contributed by atoms with van der Waals surface area (Å²) in [6.45, 7) is 4.06. The number of hydrogen-bond acceptors (Lipinski definition) is 4. The first-order chi connectivity index (χ1) is 14.2. The van der Waals surface area contributed by atoms with E-state index in [-0.39, 0.29) is 23.8 Å². The van der Waals surface area contributed by atoms with Gasteiger partial charge >= 0.3 is 0 Å². The first kappa shape index (κ1) is 20.1. The van der Waals surface area contributed by atoms with Gasteiger partial charge in [-0.3, -0.25) is 9.59 Å². The van der Waals surface area contributed by atoms with Crippen molar-refractivity contribution in [3.05, 3.63) is 57.8 Å². The number of nitrogens with one attached hydrogen (secondary N) is 1. The summed E-state index contributed by atoms with van der Waals surface area (Å²) in [6.07, 6.45) is 4.87. The van der Waals surface area contributed by atoms with Gasteiger partial charge in [0, 0.05) is 24.0 Å². The summed E-state index contributed by atoms with van der Waals surface area (Å²) < 4.78 is 0. The topological polar surface area (TPSA) is 52.7 Å². The zero-order valence-electron chi connectivity index (χ0n) is 17.0. The van der Waals surface area contributed by atoms with Gasteiger partial charge in [-0.15, -0.1) is 11.3 Å². The highest BCUT2D eigenvalue weighted by Gasteiger charge is 2.42. The quantitative estimate of drug-likeness (QED) is 0.738. The molecule has 154 valence electrons. The van der Waals surface area contributed by atoms with Gasteiger partial charge in [0.05, 0.1) is 12.0 Å². The van der Waals surface area contributed by atoms with Crippen LogP contribution in [0, 0.1) is 0 Å². The van der Waals surface area contributed by atoms with Gasteiger partial charge in [-0.05, 0) is 62.0 Å². The normalized spacial score (nSPS) is 22.4. The van der Waals surface area contributed by atoms with Crippen molar-refractivity contribution in [1.82, 2.24) is 15.1 Å². The molecule has 0 radical (unpaired) electrons. The number of fused-ring (bicyclic) bond motifs is 1. The van der Waals surface area contributed by atoms with Crippen molar-refractivity contribution < 1.29 is 9.59 Å². The summed E-state index contributed by atoms with van der Waals surface area (Å²) in [5.74, 6) is -0.399. The van der Waals surface area contributed by atoms with Crippen LogP contribution < -0.4 is 5.32 Å². The Hall–Kier alpha value is -2.18. The molecular weight excluding hydrogens is 382 g/mol. The molecule has 3 heterocycles. The highest BCUT2D eigenvalue weighted by molar-refractivity contribution is 7.10.